The minimum atomic E-state index is 0.0976. The highest BCUT2D eigenvalue weighted by Gasteiger charge is 2.16. The van der Waals surface area contributed by atoms with E-state index < -0.39 is 0 Å². The summed E-state index contributed by atoms with van der Waals surface area (Å²) in [5.41, 5.74) is 1.20. The highest BCUT2D eigenvalue weighted by Crippen LogP contribution is 2.10. The quantitative estimate of drug-likeness (QED) is 0.736. The van der Waals surface area contributed by atoms with Crippen molar-refractivity contribution in [1.82, 2.24) is 10.6 Å². The molecule has 5 nitrogen and oxygen atoms in total. The summed E-state index contributed by atoms with van der Waals surface area (Å²) in [7, 11) is 2.07. The molecule has 0 bridgehead atoms. The van der Waals surface area contributed by atoms with E-state index in [1.807, 2.05) is 18.2 Å². The zero-order valence-electron chi connectivity index (χ0n) is 12.7. The van der Waals surface area contributed by atoms with Crippen molar-refractivity contribution in [3.63, 3.8) is 0 Å². The van der Waals surface area contributed by atoms with Crippen LogP contribution in [0.5, 0.6) is 0 Å². The normalized spacial score (nSPS) is 18.2. The number of ether oxygens (including phenoxy) is 1. The minimum Gasteiger partial charge on any atom is -0.378 e. The zero-order chi connectivity index (χ0) is 14.9. The second-order valence-electron chi connectivity index (χ2n) is 5.39. The molecule has 2 rings (SSSR count). The van der Waals surface area contributed by atoms with Crippen LogP contribution in [-0.4, -0.2) is 51.8 Å². The molecule has 0 aliphatic carbocycles. The molecule has 1 unspecified atom stereocenters. The number of para-hydroxylation sites is 1. The van der Waals surface area contributed by atoms with Gasteiger partial charge in [-0.25, -0.2) is 0 Å². The van der Waals surface area contributed by atoms with Crippen molar-refractivity contribution < 1.29 is 9.53 Å². The molecule has 1 aliphatic heterocycles. The van der Waals surface area contributed by atoms with Gasteiger partial charge in [-0.1, -0.05) is 18.2 Å². The molecule has 1 saturated heterocycles. The second-order valence-corrected chi connectivity index (χ2v) is 5.39. The van der Waals surface area contributed by atoms with Crippen LogP contribution in [0.25, 0.3) is 0 Å². The number of benzene rings is 1. The van der Waals surface area contributed by atoms with Gasteiger partial charge in [0.1, 0.15) is 0 Å². The molecular weight excluding hydrogens is 266 g/mol. The van der Waals surface area contributed by atoms with E-state index in [9.17, 15) is 4.79 Å². The number of hydrogen-bond donors (Lipinski definition) is 2. The smallest absolute Gasteiger partial charge is 0.221 e. The summed E-state index contributed by atoms with van der Waals surface area (Å²) in [5.74, 6) is 0.0976. The zero-order valence-corrected chi connectivity index (χ0v) is 12.7. The highest BCUT2D eigenvalue weighted by molar-refractivity contribution is 5.76. The average molecular weight is 291 g/mol. The Balaban J connectivity index is 1.57. The second kappa shape index (κ2) is 8.64. The number of hydrogen-bond acceptors (Lipinski definition) is 4. The molecule has 2 N–H and O–H groups in total. The van der Waals surface area contributed by atoms with Gasteiger partial charge < -0.3 is 20.3 Å². The molecule has 0 spiro atoms. The minimum absolute atomic E-state index is 0.0976. The van der Waals surface area contributed by atoms with Crippen molar-refractivity contribution in [3.8, 4) is 0 Å². The van der Waals surface area contributed by atoms with Crippen LogP contribution in [0, 0.1) is 0 Å². The Morgan fingerprint density at radius 2 is 2.24 bits per heavy atom. The molecule has 1 aromatic carbocycles. The van der Waals surface area contributed by atoms with Gasteiger partial charge in [0.05, 0.1) is 13.2 Å². The van der Waals surface area contributed by atoms with Crippen LogP contribution in [0.3, 0.4) is 0 Å². The van der Waals surface area contributed by atoms with Gasteiger partial charge >= 0.3 is 0 Å². The van der Waals surface area contributed by atoms with E-state index in [4.69, 9.17) is 4.74 Å². The Morgan fingerprint density at radius 3 is 2.95 bits per heavy atom. The number of amides is 1. The molecule has 5 heteroatoms. The summed E-state index contributed by atoms with van der Waals surface area (Å²) >= 11 is 0. The number of morpholine rings is 1. The highest BCUT2D eigenvalue weighted by atomic mass is 16.5. The molecule has 116 valence electrons. The first-order valence-electron chi connectivity index (χ1n) is 7.60. The Kier molecular flexibility index (Phi) is 6.50. The third kappa shape index (κ3) is 5.73. The van der Waals surface area contributed by atoms with Crippen molar-refractivity contribution in [2.24, 2.45) is 0 Å². The lowest BCUT2D eigenvalue weighted by molar-refractivity contribution is -0.122. The molecule has 1 heterocycles. The van der Waals surface area contributed by atoms with Gasteiger partial charge in [0.15, 0.2) is 0 Å². The van der Waals surface area contributed by atoms with E-state index >= 15 is 0 Å². The number of anilines is 1. The van der Waals surface area contributed by atoms with Gasteiger partial charge in [-0.2, -0.15) is 0 Å². The lowest BCUT2D eigenvalue weighted by atomic mass is 10.2. The van der Waals surface area contributed by atoms with Gasteiger partial charge in [-0.15, -0.1) is 0 Å². The van der Waals surface area contributed by atoms with Crippen LogP contribution in [0.1, 0.15) is 12.8 Å². The predicted molar refractivity (Wildman–Crippen MR) is 84.6 cm³/mol. The number of nitrogens with one attached hydrogen (secondary N) is 2. The summed E-state index contributed by atoms with van der Waals surface area (Å²) in [5, 5.41) is 6.26. The monoisotopic (exact) mass is 291 g/mol. The standard InChI is InChI=1S/C16H25N3O2/c1-19(15-6-3-2-4-7-15)10-5-8-18-16(20)12-14-13-21-11-9-17-14/h2-4,6-7,14,17H,5,8-13H2,1H3,(H,18,20). The summed E-state index contributed by atoms with van der Waals surface area (Å²) in [6, 6.07) is 10.4. The number of nitrogens with zero attached hydrogens (tertiary/aromatic N) is 1. The number of carbonyl (C=O) groups excluding carboxylic acids is 1. The van der Waals surface area contributed by atoms with E-state index in [2.05, 4.69) is 34.7 Å². The molecule has 1 amide bonds. The maximum atomic E-state index is 11.8. The first kappa shape index (κ1) is 15.8. The molecule has 0 saturated carbocycles. The van der Waals surface area contributed by atoms with Crippen LogP contribution in [0.2, 0.25) is 0 Å². The van der Waals surface area contributed by atoms with Gasteiger partial charge in [-0.3, -0.25) is 4.79 Å². The summed E-state index contributed by atoms with van der Waals surface area (Å²) < 4.78 is 5.34. The molecule has 1 aliphatic rings. The Bertz CT molecular complexity index is 419. The fraction of sp³-hybridized carbons (Fsp3) is 0.562. The molecule has 1 fully saturated rings. The molecule has 1 aromatic rings. The SMILES string of the molecule is CN(CCCNC(=O)CC1COCCN1)c1ccccc1. The largest absolute Gasteiger partial charge is 0.378 e. The third-order valence-corrected chi connectivity index (χ3v) is 3.62. The van der Waals surface area contributed by atoms with E-state index in [1.54, 1.807) is 0 Å². The van der Waals surface area contributed by atoms with Gasteiger partial charge in [-0.05, 0) is 18.6 Å². The first-order chi connectivity index (χ1) is 10.3. The summed E-state index contributed by atoms with van der Waals surface area (Å²) in [6.07, 6.45) is 1.43. The number of carbonyl (C=O) groups is 1. The molecule has 0 radical (unpaired) electrons. The van der Waals surface area contributed by atoms with Gasteiger partial charge in [0.2, 0.25) is 5.91 Å². The molecular formula is C16H25N3O2. The van der Waals surface area contributed by atoms with Crippen molar-refractivity contribution >= 4 is 11.6 Å². The van der Waals surface area contributed by atoms with Crippen molar-refractivity contribution in [3.05, 3.63) is 30.3 Å². The average Bonchev–Trinajstić information content (AvgIpc) is 2.53. The third-order valence-electron chi connectivity index (χ3n) is 3.62. The van der Waals surface area contributed by atoms with Crippen molar-refractivity contribution in [2.75, 3.05) is 44.8 Å². The molecule has 1 atom stereocenters. The van der Waals surface area contributed by atoms with Crippen LogP contribution in [-0.2, 0) is 9.53 Å². The van der Waals surface area contributed by atoms with Crippen molar-refractivity contribution in [1.29, 1.82) is 0 Å². The van der Waals surface area contributed by atoms with E-state index in [-0.39, 0.29) is 11.9 Å². The maximum Gasteiger partial charge on any atom is 0.221 e. The van der Waals surface area contributed by atoms with Crippen LogP contribution < -0.4 is 15.5 Å². The lowest BCUT2D eigenvalue weighted by Crippen LogP contribution is -2.44. The van der Waals surface area contributed by atoms with E-state index in [0.717, 1.165) is 26.1 Å². The first-order valence-corrected chi connectivity index (χ1v) is 7.60. The van der Waals surface area contributed by atoms with Gasteiger partial charge in [0, 0.05) is 44.8 Å². The van der Waals surface area contributed by atoms with Crippen LogP contribution in [0.4, 0.5) is 5.69 Å². The van der Waals surface area contributed by atoms with E-state index in [1.165, 1.54) is 5.69 Å². The topological polar surface area (TPSA) is 53.6 Å². The molecule has 21 heavy (non-hydrogen) atoms. The Morgan fingerprint density at radius 1 is 1.43 bits per heavy atom. The fourth-order valence-electron chi connectivity index (χ4n) is 2.40. The van der Waals surface area contributed by atoms with Gasteiger partial charge in [0.25, 0.3) is 0 Å². The Hall–Kier alpha value is -1.59. The maximum absolute atomic E-state index is 11.8. The molecule has 0 aromatic heterocycles. The lowest BCUT2D eigenvalue weighted by Gasteiger charge is -2.23. The summed E-state index contributed by atoms with van der Waals surface area (Å²) in [6.45, 7) is 3.84. The Labute approximate surface area is 126 Å². The number of rotatable bonds is 7. The van der Waals surface area contributed by atoms with Crippen LogP contribution >= 0.6 is 0 Å². The van der Waals surface area contributed by atoms with Crippen LogP contribution in [0.15, 0.2) is 30.3 Å². The fourth-order valence-corrected chi connectivity index (χ4v) is 2.40. The predicted octanol–water partition coefficient (Wildman–Crippen LogP) is 1.01. The summed E-state index contributed by atoms with van der Waals surface area (Å²) in [4.78, 5) is 14.0. The van der Waals surface area contributed by atoms with Crippen molar-refractivity contribution in [2.45, 2.75) is 18.9 Å². The van der Waals surface area contributed by atoms with E-state index in [0.29, 0.717) is 19.6 Å².